The number of fused-ring (bicyclic) bond motifs is 1. The molecule has 2 radical (unpaired) electrons. The lowest BCUT2D eigenvalue weighted by atomic mass is 10.3. The van der Waals surface area contributed by atoms with Crippen molar-refractivity contribution in [3.63, 3.8) is 0 Å². The minimum absolute atomic E-state index is 1.09. The van der Waals surface area contributed by atoms with Gasteiger partial charge >= 0.3 is 0 Å². The van der Waals surface area contributed by atoms with Crippen molar-refractivity contribution in [3.05, 3.63) is 36.5 Å². The van der Waals surface area contributed by atoms with Crippen LogP contribution in [0.4, 0.5) is 0 Å². The van der Waals surface area contributed by atoms with Gasteiger partial charge in [0.25, 0.3) is 0 Å². The number of aromatic nitrogens is 1. The quantitative estimate of drug-likeness (QED) is 0.538. The number of hydrogen-bond acceptors (Lipinski definition) is 0. The number of rotatable bonds is 0. The van der Waals surface area contributed by atoms with Gasteiger partial charge in [0.15, 0.2) is 0 Å². The monoisotopic (exact) mass is 115 g/mol. The molecule has 0 bridgehead atoms. The SMILES string of the molecule is [c]1ccc2c[c][nH]c2c1. The predicted molar refractivity (Wildman–Crippen MR) is 36.0 cm³/mol. The van der Waals surface area contributed by atoms with Gasteiger partial charge in [-0.25, -0.2) is 0 Å². The van der Waals surface area contributed by atoms with Gasteiger partial charge in [0.05, 0.1) is 6.20 Å². The minimum atomic E-state index is 1.09. The first kappa shape index (κ1) is 4.62. The predicted octanol–water partition coefficient (Wildman–Crippen LogP) is 1.77. The summed E-state index contributed by atoms with van der Waals surface area (Å²) >= 11 is 0. The summed E-state index contributed by atoms with van der Waals surface area (Å²) in [5, 5.41) is 1.19. The van der Waals surface area contributed by atoms with Crippen molar-refractivity contribution < 1.29 is 0 Å². The van der Waals surface area contributed by atoms with Crippen molar-refractivity contribution in [1.82, 2.24) is 4.98 Å². The van der Waals surface area contributed by atoms with E-state index in [-0.39, 0.29) is 0 Å². The van der Waals surface area contributed by atoms with Crippen LogP contribution in [-0.2, 0) is 0 Å². The summed E-state index contributed by atoms with van der Waals surface area (Å²) in [7, 11) is 0. The third-order valence-electron chi connectivity index (χ3n) is 1.33. The molecule has 0 fully saturated rings. The highest BCUT2D eigenvalue weighted by Crippen LogP contribution is 2.08. The van der Waals surface area contributed by atoms with E-state index in [0.717, 1.165) is 5.52 Å². The van der Waals surface area contributed by atoms with E-state index < -0.39 is 0 Å². The van der Waals surface area contributed by atoms with E-state index in [0.29, 0.717) is 0 Å². The van der Waals surface area contributed by atoms with Crippen LogP contribution in [0.1, 0.15) is 0 Å². The van der Waals surface area contributed by atoms with Crippen LogP contribution in [-0.4, -0.2) is 4.98 Å². The van der Waals surface area contributed by atoms with Gasteiger partial charge in [-0.1, -0.05) is 12.1 Å². The lowest BCUT2D eigenvalue weighted by Gasteiger charge is -1.82. The molecule has 0 amide bonds. The molecule has 0 spiro atoms. The molecule has 1 aromatic carbocycles. The molecule has 2 aromatic rings. The van der Waals surface area contributed by atoms with Gasteiger partial charge in [0.2, 0.25) is 0 Å². The molecule has 0 aliphatic heterocycles. The Morgan fingerprint density at radius 2 is 2.33 bits per heavy atom. The van der Waals surface area contributed by atoms with Gasteiger partial charge in [-0.05, 0) is 18.2 Å². The normalized spacial score (nSPS) is 10.2. The van der Waals surface area contributed by atoms with Gasteiger partial charge < -0.3 is 4.98 Å². The lowest BCUT2D eigenvalue weighted by Crippen LogP contribution is -1.62. The maximum atomic E-state index is 2.97. The summed E-state index contributed by atoms with van der Waals surface area (Å²) < 4.78 is 0. The molecule has 1 aromatic heterocycles. The fraction of sp³-hybridized carbons (Fsp3) is 0. The van der Waals surface area contributed by atoms with Crippen LogP contribution in [0.2, 0.25) is 0 Å². The van der Waals surface area contributed by atoms with Crippen LogP contribution >= 0.6 is 0 Å². The van der Waals surface area contributed by atoms with Crippen molar-refractivity contribution in [1.29, 1.82) is 0 Å². The summed E-state index contributed by atoms with van der Waals surface area (Å²) in [5.74, 6) is 0. The van der Waals surface area contributed by atoms with Crippen LogP contribution in [0.15, 0.2) is 24.3 Å². The Morgan fingerprint density at radius 3 is 3.22 bits per heavy atom. The number of hydrogen-bond donors (Lipinski definition) is 1. The largest absolute Gasteiger partial charge is 0.353 e. The first-order valence-electron chi connectivity index (χ1n) is 2.82. The zero-order valence-corrected chi connectivity index (χ0v) is 4.81. The Morgan fingerprint density at radius 1 is 1.33 bits per heavy atom. The molecule has 0 saturated heterocycles. The zero-order chi connectivity index (χ0) is 6.10. The van der Waals surface area contributed by atoms with E-state index in [1.54, 1.807) is 0 Å². The van der Waals surface area contributed by atoms with E-state index in [1.165, 1.54) is 5.39 Å². The van der Waals surface area contributed by atoms with Crippen molar-refractivity contribution in [2.24, 2.45) is 0 Å². The minimum Gasteiger partial charge on any atom is -0.353 e. The molecule has 0 unspecified atom stereocenters. The number of aromatic amines is 1. The molecule has 0 aliphatic carbocycles. The maximum Gasteiger partial charge on any atom is 0.0630 e. The van der Waals surface area contributed by atoms with Crippen molar-refractivity contribution in [3.8, 4) is 0 Å². The van der Waals surface area contributed by atoms with E-state index in [2.05, 4.69) is 17.2 Å². The van der Waals surface area contributed by atoms with Gasteiger partial charge in [0, 0.05) is 10.9 Å². The topological polar surface area (TPSA) is 15.8 Å². The molecule has 0 saturated carbocycles. The number of benzene rings is 1. The molecule has 1 heteroatoms. The molecule has 2 rings (SSSR count). The Balaban J connectivity index is 2.95. The standard InChI is InChI=1S/C8H5N/c1-2-4-8-7(3-1)5-6-9-8/h1,3-5,9H. The molecule has 9 heavy (non-hydrogen) atoms. The highest BCUT2D eigenvalue weighted by molar-refractivity contribution is 5.78. The fourth-order valence-electron chi connectivity index (χ4n) is 0.868. The highest BCUT2D eigenvalue weighted by atomic mass is 14.6. The summed E-state index contributed by atoms with van der Waals surface area (Å²) in [5.41, 5.74) is 1.09. The van der Waals surface area contributed by atoms with E-state index >= 15 is 0 Å². The Labute approximate surface area is 53.3 Å². The molecule has 0 aliphatic rings. The number of nitrogens with one attached hydrogen (secondary N) is 1. The van der Waals surface area contributed by atoms with Crippen LogP contribution < -0.4 is 0 Å². The Kier molecular flexibility index (Phi) is 0.833. The van der Waals surface area contributed by atoms with E-state index in [1.807, 2.05) is 24.3 Å². The lowest BCUT2D eigenvalue weighted by molar-refractivity contribution is 1.46. The summed E-state index contributed by atoms with van der Waals surface area (Å²) in [4.78, 5) is 2.96. The van der Waals surface area contributed by atoms with Gasteiger partial charge in [-0.3, -0.25) is 0 Å². The van der Waals surface area contributed by atoms with Gasteiger partial charge in [-0.2, -0.15) is 0 Å². The van der Waals surface area contributed by atoms with Crippen molar-refractivity contribution in [2.45, 2.75) is 0 Å². The molecular weight excluding hydrogens is 110 g/mol. The molecular formula is C8H5N. The van der Waals surface area contributed by atoms with Crippen molar-refractivity contribution in [2.75, 3.05) is 0 Å². The molecule has 42 valence electrons. The highest BCUT2D eigenvalue weighted by Gasteiger charge is 1.87. The average molecular weight is 115 g/mol. The Bertz CT molecular complexity index is 279. The first-order valence-corrected chi connectivity index (χ1v) is 2.82. The van der Waals surface area contributed by atoms with Gasteiger partial charge in [-0.15, -0.1) is 0 Å². The number of H-pyrrole nitrogens is 1. The second kappa shape index (κ2) is 1.62. The van der Waals surface area contributed by atoms with Gasteiger partial charge in [0.1, 0.15) is 0 Å². The Hall–Kier alpha value is -1.24. The molecule has 0 atom stereocenters. The van der Waals surface area contributed by atoms with E-state index in [4.69, 9.17) is 0 Å². The zero-order valence-electron chi connectivity index (χ0n) is 4.81. The second-order valence-electron chi connectivity index (χ2n) is 1.93. The summed E-state index contributed by atoms with van der Waals surface area (Å²) in [6.45, 7) is 0. The van der Waals surface area contributed by atoms with Crippen LogP contribution in [0.25, 0.3) is 10.9 Å². The third kappa shape index (κ3) is 0.617. The van der Waals surface area contributed by atoms with E-state index in [9.17, 15) is 0 Å². The van der Waals surface area contributed by atoms with Crippen LogP contribution in [0, 0.1) is 12.3 Å². The fourth-order valence-corrected chi connectivity index (χ4v) is 0.868. The molecule has 1 N–H and O–H groups in total. The van der Waals surface area contributed by atoms with Crippen LogP contribution in [0.5, 0.6) is 0 Å². The second-order valence-corrected chi connectivity index (χ2v) is 1.93. The average Bonchev–Trinajstić information content (AvgIpc) is 2.33. The maximum absolute atomic E-state index is 2.97. The first-order chi connectivity index (χ1) is 4.47. The third-order valence-corrected chi connectivity index (χ3v) is 1.33. The summed E-state index contributed by atoms with van der Waals surface area (Å²) in [6.07, 6.45) is 2.89. The molecule has 1 heterocycles. The molecule has 1 nitrogen and oxygen atoms in total. The smallest absolute Gasteiger partial charge is 0.0630 e. The van der Waals surface area contributed by atoms with Crippen LogP contribution in [0.3, 0.4) is 0 Å². The van der Waals surface area contributed by atoms with Crippen molar-refractivity contribution >= 4 is 10.9 Å². The summed E-state index contributed by atoms with van der Waals surface area (Å²) in [6, 6.07) is 10.7.